The zero-order valence-corrected chi connectivity index (χ0v) is 18.9. The van der Waals surface area contributed by atoms with Gasteiger partial charge in [0, 0.05) is 17.4 Å². The van der Waals surface area contributed by atoms with E-state index in [1.807, 2.05) is 35.2 Å². The minimum absolute atomic E-state index is 0.0833. The van der Waals surface area contributed by atoms with Gasteiger partial charge in [-0.2, -0.15) is 13.2 Å². The van der Waals surface area contributed by atoms with Gasteiger partial charge in [0.25, 0.3) is 5.91 Å². The van der Waals surface area contributed by atoms with Crippen LogP contribution in [-0.2, 0) is 9.53 Å². The number of nitrogens with zero attached hydrogens (tertiary/aromatic N) is 2. The Morgan fingerprint density at radius 1 is 1.15 bits per heavy atom. The van der Waals surface area contributed by atoms with E-state index >= 15 is 0 Å². The number of alkyl halides is 3. The normalized spacial score (nSPS) is 22.7. The van der Waals surface area contributed by atoms with Gasteiger partial charge in [0.1, 0.15) is 11.3 Å². The quantitative estimate of drug-likeness (QED) is 0.695. The van der Waals surface area contributed by atoms with Crippen LogP contribution >= 0.6 is 0 Å². The van der Waals surface area contributed by atoms with Crippen molar-refractivity contribution in [2.24, 2.45) is 5.92 Å². The summed E-state index contributed by atoms with van der Waals surface area (Å²) in [6, 6.07) is 9.99. The van der Waals surface area contributed by atoms with Crippen molar-refractivity contribution < 1.29 is 32.6 Å². The Balaban J connectivity index is 0.000000344. The lowest BCUT2D eigenvalue weighted by molar-refractivity contribution is -0.192. The van der Waals surface area contributed by atoms with Crippen LogP contribution in [0.3, 0.4) is 0 Å². The molecule has 186 valence electrons. The maximum atomic E-state index is 12.8. The molecule has 34 heavy (non-hydrogen) atoms. The van der Waals surface area contributed by atoms with Crippen molar-refractivity contribution in [1.29, 1.82) is 0 Å². The Kier molecular flexibility index (Phi) is 7.18. The number of carbonyl (C=O) groups excluding carboxylic acids is 1. The average molecular weight is 482 g/mol. The summed E-state index contributed by atoms with van der Waals surface area (Å²) in [5.41, 5.74) is 1.62. The second-order valence-electron chi connectivity index (χ2n) is 9.49. The van der Waals surface area contributed by atoms with Crippen molar-refractivity contribution >= 4 is 22.8 Å². The second-order valence-corrected chi connectivity index (χ2v) is 9.49. The van der Waals surface area contributed by atoms with Gasteiger partial charge < -0.3 is 24.6 Å². The number of halogens is 3. The molecule has 0 aliphatic carbocycles. The maximum absolute atomic E-state index is 12.8. The number of para-hydroxylation sites is 1. The predicted octanol–water partition coefficient (Wildman–Crippen LogP) is 3.91. The average Bonchev–Trinajstić information content (AvgIpc) is 3.23. The van der Waals surface area contributed by atoms with Gasteiger partial charge in [-0.25, -0.2) is 4.79 Å². The summed E-state index contributed by atoms with van der Waals surface area (Å²) in [6.07, 6.45) is 1.32. The number of hydrogen-bond acceptors (Lipinski definition) is 4. The molecule has 3 aliphatic heterocycles. The smallest absolute Gasteiger partial charge is 0.475 e. The zero-order chi connectivity index (χ0) is 24.3. The molecule has 2 N–H and O–H groups in total. The summed E-state index contributed by atoms with van der Waals surface area (Å²) in [7, 11) is 0. The predicted molar refractivity (Wildman–Crippen MR) is 120 cm³/mol. The number of hydrogen-bond donors (Lipinski definition) is 2. The highest BCUT2D eigenvalue weighted by Crippen LogP contribution is 2.37. The fourth-order valence-corrected chi connectivity index (χ4v) is 4.97. The molecule has 1 unspecified atom stereocenters. The molecule has 0 radical (unpaired) electrons. The van der Waals surface area contributed by atoms with Crippen molar-refractivity contribution in [3.8, 4) is 0 Å². The van der Waals surface area contributed by atoms with Crippen molar-refractivity contribution in [1.82, 2.24) is 14.8 Å². The Morgan fingerprint density at radius 3 is 2.41 bits per heavy atom. The van der Waals surface area contributed by atoms with Gasteiger partial charge in [0.05, 0.1) is 19.7 Å². The molecular weight excluding hydrogens is 451 g/mol. The Labute approximate surface area is 195 Å². The van der Waals surface area contributed by atoms with Gasteiger partial charge in [-0.3, -0.25) is 4.79 Å². The number of piperidine rings is 1. The van der Waals surface area contributed by atoms with E-state index in [-0.39, 0.29) is 11.5 Å². The number of H-pyrrole nitrogens is 1. The molecule has 0 bridgehead atoms. The van der Waals surface area contributed by atoms with Crippen LogP contribution in [0.15, 0.2) is 30.3 Å². The van der Waals surface area contributed by atoms with Gasteiger partial charge in [0.15, 0.2) is 0 Å². The molecule has 0 saturated carbocycles. The Bertz CT molecular complexity index is 967. The van der Waals surface area contributed by atoms with Crippen LogP contribution in [-0.4, -0.2) is 82.9 Å². The molecule has 1 spiro atoms. The number of aromatic nitrogens is 1. The summed E-state index contributed by atoms with van der Waals surface area (Å²) >= 11 is 0. The third-order valence-corrected chi connectivity index (χ3v) is 6.85. The molecule has 3 aliphatic rings. The van der Waals surface area contributed by atoms with E-state index in [9.17, 15) is 18.0 Å². The number of ether oxygens (including phenoxy) is 1. The number of nitrogens with one attached hydrogen (secondary N) is 1. The monoisotopic (exact) mass is 481 g/mol. The molecule has 2 aromatic rings. The molecule has 1 amide bonds. The first-order chi connectivity index (χ1) is 16.2. The number of carbonyl (C=O) groups is 2. The van der Waals surface area contributed by atoms with Crippen molar-refractivity contribution in [2.75, 3.05) is 39.3 Å². The molecule has 7 nitrogen and oxygen atoms in total. The van der Waals surface area contributed by atoms with E-state index in [1.54, 1.807) is 0 Å². The topological polar surface area (TPSA) is 85.9 Å². The summed E-state index contributed by atoms with van der Waals surface area (Å²) in [5, 5.41) is 8.21. The zero-order valence-electron chi connectivity index (χ0n) is 18.9. The lowest BCUT2D eigenvalue weighted by atomic mass is 9.82. The summed E-state index contributed by atoms with van der Waals surface area (Å²) in [6.45, 7) is 6.02. The number of aliphatic carboxylic acids is 1. The number of likely N-dealkylation sites (tertiary alicyclic amines) is 2. The van der Waals surface area contributed by atoms with Crippen LogP contribution < -0.4 is 0 Å². The molecule has 3 fully saturated rings. The van der Waals surface area contributed by atoms with Gasteiger partial charge in [-0.1, -0.05) is 24.6 Å². The number of aromatic amines is 1. The summed E-state index contributed by atoms with van der Waals surface area (Å²) in [5.74, 6) is -2.00. The third-order valence-electron chi connectivity index (χ3n) is 6.85. The second kappa shape index (κ2) is 9.95. The number of amides is 1. The fraction of sp³-hybridized carbons (Fsp3) is 0.583. The molecule has 4 heterocycles. The van der Waals surface area contributed by atoms with E-state index in [0.717, 1.165) is 37.0 Å². The number of benzene rings is 1. The highest BCUT2D eigenvalue weighted by molar-refractivity contribution is 5.98. The van der Waals surface area contributed by atoms with Crippen LogP contribution in [0.4, 0.5) is 13.2 Å². The third kappa shape index (κ3) is 5.72. The van der Waals surface area contributed by atoms with Crippen molar-refractivity contribution in [2.45, 2.75) is 43.9 Å². The number of fused-ring (bicyclic) bond motifs is 1. The van der Waals surface area contributed by atoms with Crippen LogP contribution in [0.5, 0.6) is 0 Å². The minimum Gasteiger partial charge on any atom is -0.475 e. The number of carboxylic acid groups (broad SMARTS) is 1. The highest BCUT2D eigenvalue weighted by atomic mass is 19.4. The first kappa shape index (κ1) is 24.5. The van der Waals surface area contributed by atoms with Gasteiger partial charge in [0.2, 0.25) is 0 Å². The van der Waals surface area contributed by atoms with Crippen LogP contribution in [0, 0.1) is 5.92 Å². The lowest BCUT2D eigenvalue weighted by Gasteiger charge is -2.53. The lowest BCUT2D eigenvalue weighted by Crippen LogP contribution is -2.66. The standard InChI is InChI=1S/C22H29N3O2.C2HF3O2/c26-21(20-12-18-6-2-3-7-19(18)23-20)25-15-22(16-25)9-8-17(14-27-22)13-24-10-4-1-5-11-24;3-2(4,5)1(6)7/h2-3,6-7,12,17,23H,1,4-5,8-11,13-16H2;(H,6,7). The SMILES string of the molecule is O=C(O)C(F)(F)F.O=C(c1cc2ccccc2[nH]1)N1CC2(CCC(CN3CCCCC3)CO2)C1. The van der Waals surface area contributed by atoms with E-state index in [2.05, 4.69) is 9.88 Å². The van der Waals surface area contributed by atoms with Gasteiger partial charge in [-0.05, 0) is 56.8 Å². The van der Waals surface area contributed by atoms with Gasteiger partial charge in [-0.15, -0.1) is 0 Å². The van der Waals surface area contributed by atoms with Crippen molar-refractivity contribution in [3.63, 3.8) is 0 Å². The van der Waals surface area contributed by atoms with Crippen molar-refractivity contribution in [3.05, 3.63) is 36.0 Å². The highest BCUT2D eigenvalue weighted by Gasteiger charge is 2.48. The molecule has 10 heteroatoms. The first-order valence-corrected chi connectivity index (χ1v) is 11.7. The van der Waals surface area contributed by atoms with Crippen LogP contribution in [0.1, 0.15) is 42.6 Å². The van der Waals surface area contributed by atoms with Crippen LogP contribution in [0.25, 0.3) is 10.9 Å². The molecule has 1 atom stereocenters. The largest absolute Gasteiger partial charge is 0.490 e. The van der Waals surface area contributed by atoms with E-state index in [1.165, 1.54) is 45.3 Å². The number of rotatable bonds is 3. The Morgan fingerprint density at radius 2 is 1.82 bits per heavy atom. The molecule has 1 aromatic carbocycles. The van der Waals surface area contributed by atoms with E-state index in [0.29, 0.717) is 11.6 Å². The molecule has 5 rings (SSSR count). The maximum Gasteiger partial charge on any atom is 0.490 e. The Hall–Kier alpha value is -2.59. The molecular formula is C24H30F3N3O4. The molecule has 3 saturated heterocycles. The summed E-state index contributed by atoms with van der Waals surface area (Å²) in [4.78, 5) is 29.5. The van der Waals surface area contributed by atoms with Gasteiger partial charge >= 0.3 is 12.1 Å². The van der Waals surface area contributed by atoms with E-state index < -0.39 is 12.1 Å². The molecule has 1 aromatic heterocycles. The first-order valence-electron chi connectivity index (χ1n) is 11.7. The van der Waals surface area contributed by atoms with E-state index in [4.69, 9.17) is 14.6 Å². The minimum atomic E-state index is -5.08. The fourth-order valence-electron chi connectivity index (χ4n) is 4.97. The summed E-state index contributed by atoms with van der Waals surface area (Å²) < 4.78 is 38.0. The number of carboxylic acids is 1. The van der Waals surface area contributed by atoms with Crippen LogP contribution in [0.2, 0.25) is 0 Å².